The Kier molecular flexibility index (Phi) is 5.45. The van der Waals surface area contributed by atoms with Crippen LogP contribution in [0.15, 0.2) is 47.6 Å². The molecule has 3 rings (SSSR count). The molecule has 9 nitrogen and oxygen atoms in total. The minimum atomic E-state index is -0.500. The van der Waals surface area contributed by atoms with Crippen LogP contribution in [0.1, 0.15) is 16.1 Å². The fraction of sp³-hybridized carbons (Fsp3) is 0.105. The van der Waals surface area contributed by atoms with E-state index in [1.807, 2.05) is 0 Å². The van der Waals surface area contributed by atoms with Crippen LogP contribution in [-0.4, -0.2) is 46.8 Å². The van der Waals surface area contributed by atoms with Crippen molar-refractivity contribution in [2.45, 2.75) is 0 Å². The Morgan fingerprint density at radius 2 is 1.93 bits per heavy atom. The van der Waals surface area contributed by atoms with Crippen molar-refractivity contribution < 1.29 is 24.5 Å². The van der Waals surface area contributed by atoms with Gasteiger partial charge < -0.3 is 19.7 Å². The summed E-state index contributed by atoms with van der Waals surface area (Å²) in [5, 5.41) is 29.3. The number of hydrazone groups is 1. The van der Waals surface area contributed by atoms with E-state index in [0.717, 1.165) is 0 Å². The number of nitrogens with zero attached hydrogens (tertiary/aromatic N) is 2. The first kappa shape index (κ1) is 18.8. The van der Waals surface area contributed by atoms with Gasteiger partial charge in [0.25, 0.3) is 5.91 Å². The highest BCUT2D eigenvalue weighted by molar-refractivity contribution is 5.94. The first-order valence-electron chi connectivity index (χ1n) is 8.15. The number of hydrogen-bond donors (Lipinski definition) is 4. The van der Waals surface area contributed by atoms with Crippen LogP contribution in [0.2, 0.25) is 0 Å². The summed E-state index contributed by atoms with van der Waals surface area (Å²) in [6.07, 6.45) is 1.33. The van der Waals surface area contributed by atoms with E-state index >= 15 is 0 Å². The van der Waals surface area contributed by atoms with Gasteiger partial charge in [-0.15, -0.1) is 0 Å². The highest BCUT2D eigenvalue weighted by Gasteiger charge is 2.14. The average Bonchev–Trinajstić information content (AvgIpc) is 3.20. The van der Waals surface area contributed by atoms with Gasteiger partial charge in [-0.2, -0.15) is 10.2 Å². The predicted molar refractivity (Wildman–Crippen MR) is 102 cm³/mol. The molecule has 4 N–H and O–H groups in total. The van der Waals surface area contributed by atoms with E-state index in [4.69, 9.17) is 9.47 Å². The monoisotopic (exact) mass is 382 g/mol. The van der Waals surface area contributed by atoms with Gasteiger partial charge in [-0.3, -0.25) is 9.89 Å². The molecule has 0 fully saturated rings. The van der Waals surface area contributed by atoms with Crippen molar-refractivity contribution in [1.29, 1.82) is 0 Å². The highest BCUT2D eigenvalue weighted by Crippen LogP contribution is 2.32. The van der Waals surface area contributed by atoms with Crippen molar-refractivity contribution in [3.8, 4) is 34.3 Å². The lowest BCUT2D eigenvalue weighted by Crippen LogP contribution is -2.17. The van der Waals surface area contributed by atoms with Gasteiger partial charge in [-0.05, 0) is 48.0 Å². The van der Waals surface area contributed by atoms with E-state index in [0.29, 0.717) is 28.3 Å². The zero-order valence-electron chi connectivity index (χ0n) is 15.1. The highest BCUT2D eigenvalue weighted by atomic mass is 16.5. The maximum Gasteiger partial charge on any atom is 0.289 e. The first-order valence-corrected chi connectivity index (χ1v) is 8.15. The Morgan fingerprint density at radius 3 is 2.64 bits per heavy atom. The molecule has 0 aliphatic rings. The smallest absolute Gasteiger partial charge is 0.289 e. The second-order valence-corrected chi connectivity index (χ2v) is 5.68. The predicted octanol–water partition coefficient (Wildman–Crippen LogP) is 2.27. The summed E-state index contributed by atoms with van der Waals surface area (Å²) < 4.78 is 10.5. The summed E-state index contributed by atoms with van der Waals surface area (Å²) in [5.41, 5.74) is 4.23. The molecule has 0 atom stereocenters. The molecule has 1 heterocycles. The van der Waals surface area contributed by atoms with Crippen molar-refractivity contribution >= 4 is 12.1 Å². The number of aromatic amines is 1. The van der Waals surface area contributed by atoms with Gasteiger partial charge in [0.15, 0.2) is 11.5 Å². The molecule has 0 bridgehead atoms. The molecule has 1 aromatic heterocycles. The van der Waals surface area contributed by atoms with Crippen molar-refractivity contribution in [2.75, 3.05) is 14.2 Å². The SMILES string of the molecule is COc1ccc(OC)c(-c2cc(C(=O)N/N=C/c3ccc(O)c(O)c3)[nH]n2)c1. The molecule has 3 aromatic rings. The number of H-pyrrole nitrogens is 1. The number of carbonyl (C=O) groups excluding carboxylic acids is 1. The number of rotatable bonds is 6. The molecule has 0 unspecified atom stereocenters. The lowest BCUT2D eigenvalue weighted by molar-refractivity contribution is 0.0950. The number of phenolic OH excluding ortho intramolecular Hbond substituents is 2. The zero-order chi connectivity index (χ0) is 20.1. The molecule has 1 amide bonds. The Hall–Kier alpha value is -4.01. The van der Waals surface area contributed by atoms with Crippen LogP contribution in [0.3, 0.4) is 0 Å². The molecular formula is C19H18N4O5. The van der Waals surface area contributed by atoms with E-state index in [-0.39, 0.29) is 17.2 Å². The van der Waals surface area contributed by atoms with E-state index in [1.165, 1.54) is 24.4 Å². The number of aromatic hydroxyl groups is 2. The molecule has 0 radical (unpaired) electrons. The zero-order valence-corrected chi connectivity index (χ0v) is 15.1. The van der Waals surface area contributed by atoms with Gasteiger partial charge in [-0.25, -0.2) is 5.43 Å². The van der Waals surface area contributed by atoms with E-state index in [2.05, 4.69) is 20.7 Å². The Bertz CT molecular complexity index is 1030. The largest absolute Gasteiger partial charge is 0.504 e. The van der Waals surface area contributed by atoms with Gasteiger partial charge in [0.1, 0.15) is 17.2 Å². The van der Waals surface area contributed by atoms with Crippen LogP contribution < -0.4 is 14.9 Å². The minimum absolute atomic E-state index is 0.200. The second kappa shape index (κ2) is 8.12. The standard InChI is InChI=1S/C19H18N4O5/c1-27-12-4-6-18(28-2)13(8-12)14-9-15(22-21-14)19(26)23-20-10-11-3-5-16(24)17(25)7-11/h3-10,24-25H,1-2H3,(H,21,22)(H,23,26)/b20-10+. The van der Waals surface area contributed by atoms with Crippen LogP contribution in [0.5, 0.6) is 23.0 Å². The molecule has 0 saturated carbocycles. The third kappa shape index (κ3) is 4.04. The maximum atomic E-state index is 12.2. The molecule has 28 heavy (non-hydrogen) atoms. The molecule has 0 aliphatic carbocycles. The first-order chi connectivity index (χ1) is 13.5. The molecule has 144 valence electrons. The van der Waals surface area contributed by atoms with E-state index in [1.54, 1.807) is 38.5 Å². The summed E-state index contributed by atoms with van der Waals surface area (Å²) in [4.78, 5) is 12.2. The van der Waals surface area contributed by atoms with Crippen LogP contribution >= 0.6 is 0 Å². The molecule has 0 saturated heterocycles. The van der Waals surface area contributed by atoms with Crippen LogP contribution in [0.25, 0.3) is 11.3 Å². The van der Waals surface area contributed by atoms with Gasteiger partial charge >= 0.3 is 0 Å². The van der Waals surface area contributed by atoms with E-state index in [9.17, 15) is 15.0 Å². The molecular weight excluding hydrogens is 364 g/mol. The Balaban J connectivity index is 1.74. The number of carbonyl (C=O) groups is 1. The third-order valence-electron chi connectivity index (χ3n) is 3.88. The normalized spacial score (nSPS) is 10.8. The van der Waals surface area contributed by atoms with Gasteiger partial charge in [0.2, 0.25) is 0 Å². The van der Waals surface area contributed by atoms with Crippen LogP contribution in [-0.2, 0) is 0 Å². The maximum absolute atomic E-state index is 12.2. The quantitative estimate of drug-likeness (QED) is 0.294. The topological polar surface area (TPSA) is 129 Å². The summed E-state index contributed by atoms with van der Waals surface area (Å²) in [6.45, 7) is 0. The number of aromatic nitrogens is 2. The number of phenols is 2. The fourth-order valence-corrected chi connectivity index (χ4v) is 2.44. The number of ether oxygens (including phenoxy) is 2. The van der Waals surface area contributed by atoms with Crippen molar-refractivity contribution in [2.24, 2.45) is 5.10 Å². The molecule has 2 aromatic carbocycles. The number of hydrogen-bond acceptors (Lipinski definition) is 7. The number of benzene rings is 2. The lowest BCUT2D eigenvalue weighted by Gasteiger charge is -2.08. The Morgan fingerprint density at radius 1 is 1.11 bits per heavy atom. The minimum Gasteiger partial charge on any atom is -0.504 e. The van der Waals surface area contributed by atoms with Gasteiger partial charge in [-0.1, -0.05) is 0 Å². The van der Waals surface area contributed by atoms with Crippen molar-refractivity contribution in [3.63, 3.8) is 0 Å². The number of nitrogens with one attached hydrogen (secondary N) is 2. The lowest BCUT2D eigenvalue weighted by atomic mass is 10.1. The molecule has 0 aliphatic heterocycles. The Labute approximate surface area is 160 Å². The summed E-state index contributed by atoms with van der Waals surface area (Å²) in [6, 6.07) is 11.0. The summed E-state index contributed by atoms with van der Waals surface area (Å²) >= 11 is 0. The third-order valence-corrected chi connectivity index (χ3v) is 3.88. The summed E-state index contributed by atoms with van der Waals surface area (Å²) in [5.74, 6) is 0.204. The number of methoxy groups -OCH3 is 2. The second-order valence-electron chi connectivity index (χ2n) is 5.68. The van der Waals surface area contributed by atoms with Gasteiger partial charge in [0.05, 0.1) is 26.1 Å². The van der Waals surface area contributed by atoms with E-state index < -0.39 is 5.91 Å². The van der Waals surface area contributed by atoms with Crippen LogP contribution in [0, 0.1) is 0 Å². The molecule has 0 spiro atoms. The fourth-order valence-electron chi connectivity index (χ4n) is 2.44. The van der Waals surface area contributed by atoms with Crippen molar-refractivity contribution in [1.82, 2.24) is 15.6 Å². The van der Waals surface area contributed by atoms with Crippen LogP contribution in [0.4, 0.5) is 0 Å². The molecule has 9 heteroatoms. The van der Waals surface area contributed by atoms with Gasteiger partial charge in [0, 0.05) is 5.56 Å². The average molecular weight is 382 g/mol. The summed E-state index contributed by atoms with van der Waals surface area (Å²) in [7, 11) is 3.10. The van der Waals surface area contributed by atoms with Crippen molar-refractivity contribution in [3.05, 3.63) is 53.7 Å². The number of amides is 1.